The molecule has 69 heavy (non-hydrogen) atoms. The number of hydrogen-bond acceptors (Lipinski definition) is 8. The summed E-state index contributed by atoms with van der Waals surface area (Å²) in [5.74, 6) is -0.231. The summed E-state index contributed by atoms with van der Waals surface area (Å²) in [4.78, 5) is 13.0. The number of hydrogen-bond donors (Lipinski definition) is 6. The van der Waals surface area contributed by atoms with Crippen LogP contribution in [0.4, 0.5) is 0 Å². The molecule has 0 spiro atoms. The van der Waals surface area contributed by atoms with E-state index in [1.54, 1.807) is 6.08 Å². The zero-order chi connectivity index (χ0) is 50.1. The molecule has 0 aromatic rings. The van der Waals surface area contributed by atoms with E-state index in [1.807, 2.05) is 6.08 Å². The van der Waals surface area contributed by atoms with Crippen LogP contribution in [-0.2, 0) is 14.3 Å². The molecule has 0 saturated carbocycles. The maximum absolute atomic E-state index is 13.0. The molecule has 0 bridgehead atoms. The molecule has 9 heteroatoms. The Kier molecular flexibility index (Phi) is 43.6. The van der Waals surface area contributed by atoms with Crippen molar-refractivity contribution in [2.75, 3.05) is 13.2 Å². The summed E-state index contributed by atoms with van der Waals surface area (Å²) in [6, 6.07) is -0.857. The molecule has 7 atom stereocenters. The Morgan fingerprint density at radius 3 is 1.38 bits per heavy atom. The minimum absolute atomic E-state index is 0.230. The standard InChI is InChI=1S/C60H95NO8/c1-3-5-7-9-11-13-15-17-19-20-21-22-23-24-25-26-27-28-29-30-31-32-33-34-36-38-40-42-44-46-48-50-56(64)61-53(52-68-60-59(67)58(66)57(65)55(51-62)69-60)54(63)49-47-45-43-41-39-37-35-18-16-14-12-10-8-6-4-2/h5,7,11,13,16-19,21-22,24-25,27-28,30-31,33-34,38-41,47,49,53-55,57-60,62-63,65-67H,3-4,6,8-10,12,14-15,20,23,26,29,32,35-37,42-46,48,50-52H2,1-2H3,(H,61,64)/b7-5-,13-11-,18-16+,19-17-,22-21-,25-24-,28-27-,31-30-,34-33-,40-38-,41-39+,49-47+. The summed E-state index contributed by atoms with van der Waals surface area (Å²) < 4.78 is 11.2. The Morgan fingerprint density at radius 1 is 0.507 bits per heavy atom. The molecule has 388 valence electrons. The minimum atomic E-state index is -1.59. The highest BCUT2D eigenvalue weighted by Crippen LogP contribution is 2.22. The molecule has 1 rings (SSSR count). The van der Waals surface area contributed by atoms with Crippen LogP contribution in [0.3, 0.4) is 0 Å². The zero-order valence-electron chi connectivity index (χ0n) is 42.7. The lowest BCUT2D eigenvalue weighted by atomic mass is 9.99. The van der Waals surface area contributed by atoms with E-state index >= 15 is 0 Å². The van der Waals surface area contributed by atoms with E-state index in [9.17, 15) is 30.3 Å². The van der Waals surface area contributed by atoms with Gasteiger partial charge < -0.3 is 40.3 Å². The maximum atomic E-state index is 13.0. The van der Waals surface area contributed by atoms with E-state index in [2.05, 4.69) is 153 Å². The summed E-state index contributed by atoms with van der Waals surface area (Å²) in [7, 11) is 0. The van der Waals surface area contributed by atoms with E-state index in [0.717, 1.165) is 103 Å². The Labute approximate surface area is 419 Å². The number of aliphatic hydroxyl groups excluding tert-OH is 5. The molecule has 9 nitrogen and oxygen atoms in total. The van der Waals surface area contributed by atoms with Gasteiger partial charge >= 0.3 is 0 Å². The molecule has 0 aromatic heterocycles. The fourth-order valence-electron chi connectivity index (χ4n) is 7.18. The van der Waals surface area contributed by atoms with Crippen LogP contribution < -0.4 is 5.32 Å². The number of carbonyl (C=O) groups excluding carboxylic acids is 1. The third-order valence-electron chi connectivity index (χ3n) is 11.4. The van der Waals surface area contributed by atoms with Crippen molar-refractivity contribution in [3.63, 3.8) is 0 Å². The molecule has 1 heterocycles. The SMILES string of the molecule is CC/C=C\C/C=C\C/C=C\C/C=C\C/C=C\C/C=C\C/C=C\C/C=C\C/C=C\CCCCCC(=O)NC(COC1OC(CO)C(O)C(O)C1O)C(O)/C=C/CC/C=C/CC/C=C/CCCCCCC. The smallest absolute Gasteiger partial charge is 0.220 e. The second-order valence-electron chi connectivity index (χ2n) is 17.6. The van der Waals surface area contributed by atoms with Gasteiger partial charge in [-0.15, -0.1) is 0 Å². The number of ether oxygens (including phenoxy) is 2. The molecule has 0 aliphatic carbocycles. The summed E-state index contributed by atoms with van der Waals surface area (Å²) in [5, 5.41) is 54.3. The van der Waals surface area contributed by atoms with Crippen molar-refractivity contribution in [3.05, 3.63) is 146 Å². The van der Waals surface area contributed by atoms with Gasteiger partial charge in [-0.25, -0.2) is 0 Å². The number of amides is 1. The molecule has 0 radical (unpaired) electrons. The second-order valence-corrected chi connectivity index (χ2v) is 17.6. The first-order chi connectivity index (χ1) is 33.8. The quantitative estimate of drug-likeness (QED) is 0.0262. The molecule has 0 aromatic carbocycles. The van der Waals surface area contributed by atoms with Gasteiger partial charge in [-0.05, 0) is 116 Å². The normalized spacial score (nSPS) is 20.7. The molecular weight excluding hydrogens is 863 g/mol. The number of carbonyl (C=O) groups is 1. The van der Waals surface area contributed by atoms with Crippen LogP contribution in [0.2, 0.25) is 0 Å². The van der Waals surface area contributed by atoms with Crippen LogP contribution in [0, 0.1) is 0 Å². The van der Waals surface area contributed by atoms with Gasteiger partial charge in [0, 0.05) is 6.42 Å². The third-order valence-corrected chi connectivity index (χ3v) is 11.4. The predicted octanol–water partition coefficient (Wildman–Crippen LogP) is 12.7. The first-order valence-electron chi connectivity index (χ1n) is 26.6. The van der Waals surface area contributed by atoms with E-state index in [4.69, 9.17) is 9.47 Å². The van der Waals surface area contributed by atoms with Crippen LogP contribution in [0.1, 0.15) is 168 Å². The van der Waals surface area contributed by atoms with E-state index in [1.165, 1.54) is 32.1 Å². The Balaban J connectivity index is 2.32. The van der Waals surface area contributed by atoms with Crippen molar-refractivity contribution in [1.82, 2.24) is 5.32 Å². The first kappa shape index (κ1) is 63.1. The van der Waals surface area contributed by atoms with E-state index in [0.29, 0.717) is 12.8 Å². The van der Waals surface area contributed by atoms with Gasteiger partial charge in [0.15, 0.2) is 6.29 Å². The van der Waals surface area contributed by atoms with Gasteiger partial charge in [0.05, 0.1) is 25.4 Å². The average Bonchev–Trinajstić information content (AvgIpc) is 3.35. The van der Waals surface area contributed by atoms with Crippen molar-refractivity contribution in [3.8, 4) is 0 Å². The van der Waals surface area contributed by atoms with E-state index < -0.39 is 49.5 Å². The highest BCUT2D eigenvalue weighted by atomic mass is 16.7. The summed E-state index contributed by atoms with van der Waals surface area (Å²) in [6.07, 6.45) is 67.5. The number of allylic oxidation sites excluding steroid dienone is 23. The van der Waals surface area contributed by atoms with Crippen LogP contribution in [-0.4, -0.2) is 87.5 Å². The van der Waals surface area contributed by atoms with Gasteiger partial charge in [-0.2, -0.15) is 0 Å². The van der Waals surface area contributed by atoms with Gasteiger partial charge in [0.25, 0.3) is 0 Å². The first-order valence-corrected chi connectivity index (χ1v) is 26.6. The number of unbranched alkanes of at least 4 members (excludes halogenated alkanes) is 10. The second kappa shape index (κ2) is 47.7. The van der Waals surface area contributed by atoms with Gasteiger partial charge in [0.1, 0.15) is 24.4 Å². The topological polar surface area (TPSA) is 149 Å². The van der Waals surface area contributed by atoms with E-state index in [-0.39, 0.29) is 18.9 Å². The van der Waals surface area contributed by atoms with Crippen molar-refractivity contribution in [1.29, 1.82) is 0 Å². The summed E-state index contributed by atoms with van der Waals surface area (Å²) in [6.45, 7) is 3.58. The van der Waals surface area contributed by atoms with Crippen molar-refractivity contribution in [2.24, 2.45) is 0 Å². The molecule has 1 aliphatic heterocycles. The van der Waals surface area contributed by atoms with Gasteiger partial charge in [0.2, 0.25) is 5.91 Å². The van der Waals surface area contributed by atoms with Crippen LogP contribution in [0.15, 0.2) is 146 Å². The lowest BCUT2D eigenvalue weighted by Gasteiger charge is -2.40. The lowest BCUT2D eigenvalue weighted by molar-refractivity contribution is -0.302. The molecule has 1 saturated heterocycles. The maximum Gasteiger partial charge on any atom is 0.220 e. The van der Waals surface area contributed by atoms with Crippen LogP contribution in [0.25, 0.3) is 0 Å². The molecule has 7 unspecified atom stereocenters. The summed E-state index contributed by atoms with van der Waals surface area (Å²) in [5.41, 5.74) is 0. The minimum Gasteiger partial charge on any atom is -0.394 e. The highest BCUT2D eigenvalue weighted by molar-refractivity contribution is 5.76. The fourth-order valence-corrected chi connectivity index (χ4v) is 7.18. The fraction of sp³-hybridized carbons (Fsp3) is 0.583. The van der Waals surface area contributed by atoms with Crippen molar-refractivity contribution >= 4 is 5.91 Å². The van der Waals surface area contributed by atoms with Crippen LogP contribution >= 0.6 is 0 Å². The number of rotatable bonds is 42. The van der Waals surface area contributed by atoms with Crippen LogP contribution in [0.5, 0.6) is 0 Å². The zero-order valence-corrected chi connectivity index (χ0v) is 42.7. The average molecular weight is 958 g/mol. The Hall–Kier alpha value is -3.93. The summed E-state index contributed by atoms with van der Waals surface area (Å²) >= 11 is 0. The predicted molar refractivity (Wildman–Crippen MR) is 289 cm³/mol. The molecule has 1 amide bonds. The Morgan fingerprint density at radius 2 is 0.913 bits per heavy atom. The lowest BCUT2D eigenvalue weighted by Crippen LogP contribution is -2.60. The third kappa shape index (κ3) is 37.6. The van der Waals surface area contributed by atoms with Crippen molar-refractivity contribution in [2.45, 2.75) is 211 Å². The van der Waals surface area contributed by atoms with Gasteiger partial charge in [-0.1, -0.05) is 192 Å². The highest BCUT2D eigenvalue weighted by Gasteiger charge is 2.44. The molecular formula is C60H95NO8. The molecule has 1 aliphatic rings. The molecule has 6 N–H and O–H groups in total. The van der Waals surface area contributed by atoms with Gasteiger partial charge in [-0.3, -0.25) is 4.79 Å². The monoisotopic (exact) mass is 958 g/mol. The number of aliphatic hydroxyl groups is 5. The Bertz CT molecular complexity index is 1580. The molecule has 1 fully saturated rings. The largest absolute Gasteiger partial charge is 0.394 e. The number of nitrogens with one attached hydrogen (secondary N) is 1. The van der Waals surface area contributed by atoms with Crippen molar-refractivity contribution < 1.29 is 39.8 Å².